The molecule has 1 saturated heterocycles. The van der Waals surface area contributed by atoms with E-state index in [-0.39, 0.29) is 40.8 Å². The van der Waals surface area contributed by atoms with Gasteiger partial charge in [-0.2, -0.15) is 0 Å². The fourth-order valence-corrected chi connectivity index (χ4v) is 7.55. The van der Waals surface area contributed by atoms with Crippen LogP contribution in [0.15, 0.2) is 29.1 Å². The highest BCUT2D eigenvalue weighted by Gasteiger charge is 2.30. The number of sulfone groups is 1. The highest BCUT2D eigenvalue weighted by Crippen LogP contribution is 2.50. The molecule has 0 aromatic heterocycles. The van der Waals surface area contributed by atoms with Gasteiger partial charge in [0.15, 0.2) is 21.3 Å². The quantitative estimate of drug-likeness (QED) is 0.306. The maximum atomic E-state index is 13.4. The van der Waals surface area contributed by atoms with Crippen molar-refractivity contribution in [3.05, 3.63) is 45.6 Å². The van der Waals surface area contributed by atoms with E-state index in [0.29, 0.717) is 67.1 Å². The second-order valence-electron chi connectivity index (χ2n) is 11.0. The molecule has 2 aromatic rings. The molecular weight excluding hydrogens is 574 g/mol. The lowest BCUT2D eigenvalue weighted by molar-refractivity contribution is -0.122. The molecule has 0 spiro atoms. The minimum Gasteiger partial charge on any atom is -0.493 e. The van der Waals surface area contributed by atoms with E-state index < -0.39 is 9.84 Å². The van der Waals surface area contributed by atoms with Crippen molar-refractivity contribution < 1.29 is 32.2 Å². The molecule has 0 saturated carbocycles. The summed E-state index contributed by atoms with van der Waals surface area (Å²) in [5.74, 6) is 1.30. The van der Waals surface area contributed by atoms with E-state index in [0.717, 1.165) is 29.5 Å². The van der Waals surface area contributed by atoms with Crippen molar-refractivity contribution >= 4 is 27.3 Å². The number of nitrogens with one attached hydrogen (secondary N) is 3. The first-order chi connectivity index (χ1) is 20.6. The van der Waals surface area contributed by atoms with Crippen molar-refractivity contribution in [2.24, 2.45) is 0 Å². The van der Waals surface area contributed by atoms with Crippen LogP contribution in [-0.2, 0) is 25.8 Å². The van der Waals surface area contributed by atoms with E-state index in [2.05, 4.69) is 16.0 Å². The number of aryl methyl sites for hydroxylation is 1. The Bertz CT molecular complexity index is 1530. The lowest BCUT2D eigenvalue weighted by Crippen LogP contribution is -2.35. The molecule has 43 heavy (non-hydrogen) atoms. The normalized spacial score (nSPS) is 18.4. The van der Waals surface area contributed by atoms with Gasteiger partial charge in [0, 0.05) is 31.5 Å². The number of rotatable bonds is 12. The van der Waals surface area contributed by atoms with Crippen LogP contribution in [0.1, 0.15) is 62.6 Å². The average Bonchev–Trinajstić information content (AvgIpc) is 3.13. The predicted molar refractivity (Wildman–Crippen MR) is 165 cm³/mol. The number of unbranched alkanes of at least 4 members (excludes halogenated alkanes) is 2. The van der Waals surface area contributed by atoms with Crippen molar-refractivity contribution in [3.63, 3.8) is 0 Å². The highest BCUT2D eigenvalue weighted by atomic mass is 32.2. The summed E-state index contributed by atoms with van der Waals surface area (Å²) in [4.78, 5) is 37.7. The smallest absolute Gasteiger partial charge is 0.220 e. The van der Waals surface area contributed by atoms with Gasteiger partial charge in [0.1, 0.15) is 0 Å². The summed E-state index contributed by atoms with van der Waals surface area (Å²) < 4.78 is 40.2. The number of amides is 2. The zero-order valence-corrected chi connectivity index (χ0v) is 26.0. The third kappa shape index (κ3) is 7.78. The molecule has 11 nitrogen and oxygen atoms in total. The summed E-state index contributed by atoms with van der Waals surface area (Å²) in [5.41, 5.74) is 3.42. The molecule has 4 rings (SSSR count). The van der Waals surface area contributed by atoms with Crippen LogP contribution in [0.3, 0.4) is 0 Å². The molecule has 2 atom stereocenters. The van der Waals surface area contributed by atoms with Gasteiger partial charge in [-0.1, -0.05) is 12.5 Å². The first kappa shape index (κ1) is 32.1. The number of hydrogen-bond donors (Lipinski definition) is 3. The Hall–Kier alpha value is -3.80. The fraction of sp³-hybridized carbons (Fsp3) is 0.516. The van der Waals surface area contributed by atoms with Gasteiger partial charge in [-0.3, -0.25) is 14.4 Å². The molecule has 3 N–H and O–H groups in total. The van der Waals surface area contributed by atoms with Gasteiger partial charge < -0.3 is 30.2 Å². The molecule has 2 amide bonds. The van der Waals surface area contributed by atoms with Crippen LogP contribution in [0.25, 0.3) is 11.1 Å². The largest absolute Gasteiger partial charge is 0.493 e. The summed E-state index contributed by atoms with van der Waals surface area (Å²) in [7, 11) is 1.64. The first-order valence-corrected chi connectivity index (χ1v) is 16.4. The SMILES string of the molecule is COc1cc2c(c(OC)c1OC)-c1ccc(NCCCCCC(=O)NC3CCS(=O)(=O)C3)c(=O)cc1C(NC(C)=O)CC2. The Morgan fingerprint density at radius 1 is 0.953 bits per heavy atom. The van der Waals surface area contributed by atoms with Crippen molar-refractivity contribution in [3.8, 4) is 28.4 Å². The molecular formula is C31H41N3O8S. The second kappa shape index (κ2) is 14.1. The number of carbonyl (C=O) groups is 2. The van der Waals surface area contributed by atoms with E-state index in [1.54, 1.807) is 33.5 Å². The first-order valence-electron chi connectivity index (χ1n) is 14.6. The lowest BCUT2D eigenvalue weighted by Gasteiger charge is -2.19. The topological polar surface area (TPSA) is 149 Å². The molecule has 1 fully saturated rings. The second-order valence-corrected chi connectivity index (χ2v) is 13.2. The standard InChI is InChI=1S/C31H41N3O8S/c1-19(35)33-24-11-9-20-16-27(40-2)30(41-3)31(42-4)29(20)22-10-12-25(26(36)17-23(22)24)32-14-7-5-6-8-28(37)34-21-13-15-43(38,39)18-21/h10,12,16-17,21,24H,5-9,11,13-15,18H2,1-4H3,(H,32,36)(H,33,35)(H,34,37). The Morgan fingerprint density at radius 3 is 2.37 bits per heavy atom. The monoisotopic (exact) mass is 615 g/mol. The maximum absolute atomic E-state index is 13.4. The summed E-state index contributed by atoms with van der Waals surface area (Å²) in [6.45, 7) is 1.99. The van der Waals surface area contributed by atoms with Crippen LogP contribution in [0.2, 0.25) is 0 Å². The Labute approximate surface area is 252 Å². The number of methoxy groups -OCH3 is 3. The van der Waals surface area contributed by atoms with Crippen molar-refractivity contribution in [2.45, 2.75) is 64.0 Å². The molecule has 2 unspecified atom stereocenters. The van der Waals surface area contributed by atoms with Crippen molar-refractivity contribution in [1.82, 2.24) is 10.6 Å². The summed E-state index contributed by atoms with van der Waals surface area (Å²) in [5, 5.41) is 9.05. The van der Waals surface area contributed by atoms with Crippen LogP contribution >= 0.6 is 0 Å². The number of anilines is 1. The van der Waals surface area contributed by atoms with Gasteiger partial charge in [0.2, 0.25) is 23.0 Å². The maximum Gasteiger partial charge on any atom is 0.220 e. The van der Waals surface area contributed by atoms with Crippen molar-refractivity contribution in [1.29, 1.82) is 0 Å². The summed E-state index contributed by atoms with van der Waals surface area (Å²) in [6, 6.07) is 6.45. The van der Waals surface area contributed by atoms with Crippen LogP contribution in [-0.4, -0.2) is 65.7 Å². The van der Waals surface area contributed by atoms with E-state index >= 15 is 0 Å². The third-order valence-corrected chi connectivity index (χ3v) is 9.68. The fourth-order valence-electron chi connectivity index (χ4n) is 5.87. The minimum atomic E-state index is -3.03. The van der Waals surface area contributed by atoms with Gasteiger partial charge in [-0.25, -0.2) is 8.42 Å². The highest BCUT2D eigenvalue weighted by molar-refractivity contribution is 7.91. The van der Waals surface area contributed by atoms with Gasteiger partial charge in [0.25, 0.3) is 0 Å². The van der Waals surface area contributed by atoms with E-state index in [4.69, 9.17) is 14.2 Å². The number of hydrogen-bond acceptors (Lipinski definition) is 9. The number of fused-ring (bicyclic) bond motifs is 3. The molecule has 2 aromatic carbocycles. The number of carbonyl (C=O) groups excluding carboxylic acids is 2. The zero-order chi connectivity index (χ0) is 31.1. The van der Waals surface area contributed by atoms with Gasteiger partial charge in [-0.15, -0.1) is 0 Å². The van der Waals surface area contributed by atoms with E-state index in [1.807, 2.05) is 12.1 Å². The summed E-state index contributed by atoms with van der Waals surface area (Å²) >= 11 is 0. The average molecular weight is 616 g/mol. The molecule has 1 aliphatic carbocycles. The minimum absolute atomic E-state index is 0.0176. The Morgan fingerprint density at radius 2 is 1.72 bits per heavy atom. The third-order valence-electron chi connectivity index (χ3n) is 7.91. The Balaban J connectivity index is 1.50. The van der Waals surface area contributed by atoms with Crippen LogP contribution in [0.4, 0.5) is 5.69 Å². The van der Waals surface area contributed by atoms with E-state index in [1.165, 1.54) is 6.92 Å². The Kier molecular flexibility index (Phi) is 10.5. The molecule has 1 heterocycles. The summed E-state index contributed by atoms with van der Waals surface area (Å²) in [6.07, 6.45) is 4.17. The van der Waals surface area contributed by atoms with Crippen LogP contribution in [0, 0.1) is 0 Å². The predicted octanol–water partition coefficient (Wildman–Crippen LogP) is 3.14. The van der Waals surface area contributed by atoms with Crippen molar-refractivity contribution in [2.75, 3.05) is 44.7 Å². The molecule has 0 bridgehead atoms. The molecule has 234 valence electrons. The zero-order valence-electron chi connectivity index (χ0n) is 25.2. The van der Waals surface area contributed by atoms with Gasteiger partial charge in [0.05, 0.1) is 44.6 Å². The van der Waals surface area contributed by atoms with Crippen LogP contribution in [0.5, 0.6) is 17.2 Å². The van der Waals surface area contributed by atoms with Crippen LogP contribution < -0.4 is 35.6 Å². The van der Waals surface area contributed by atoms with E-state index in [9.17, 15) is 22.8 Å². The number of benzene rings is 1. The lowest BCUT2D eigenvalue weighted by atomic mass is 9.95. The molecule has 0 radical (unpaired) electrons. The number of ether oxygens (including phenoxy) is 3. The molecule has 2 aliphatic rings. The molecule has 12 heteroatoms. The molecule has 1 aliphatic heterocycles. The van der Waals surface area contributed by atoms with Gasteiger partial charge >= 0.3 is 0 Å². The van der Waals surface area contributed by atoms with Gasteiger partial charge in [-0.05, 0) is 67.0 Å².